The van der Waals surface area contributed by atoms with Crippen LogP contribution in [0, 0.1) is 11.6 Å². The van der Waals surface area contributed by atoms with Crippen LogP contribution in [0.1, 0.15) is 10.4 Å². The zero-order chi connectivity index (χ0) is 25.4. The SMILES string of the molecule is O=C(c1ccccc1F)N1CCN(c2ncnc3c2c(-c2ccccc2)cn3-c2ccc(F)cc2)CC1. The van der Waals surface area contributed by atoms with Crippen LogP contribution in [-0.4, -0.2) is 51.5 Å². The second-order valence-corrected chi connectivity index (χ2v) is 8.91. The van der Waals surface area contributed by atoms with Crippen molar-refractivity contribution in [2.24, 2.45) is 0 Å². The standard InChI is InChI=1S/C29H23F2N5O/c30-21-10-12-22(13-11-21)36-18-24(20-6-2-1-3-7-20)26-27(32-19-33-28(26)36)34-14-16-35(17-15-34)29(37)23-8-4-5-9-25(23)31/h1-13,18-19H,14-17H2. The number of aromatic nitrogens is 3. The van der Waals surface area contributed by atoms with Crippen LogP contribution in [0.4, 0.5) is 14.6 Å². The number of carbonyl (C=O) groups is 1. The van der Waals surface area contributed by atoms with Crippen molar-refractivity contribution in [3.05, 3.63) is 109 Å². The van der Waals surface area contributed by atoms with Gasteiger partial charge in [0, 0.05) is 43.6 Å². The molecule has 0 bridgehead atoms. The molecule has 0 N–H and O–H groups in total. The fourth-order valence-electron chi connectivity index (χ4n) is 4.85. The first-order valence-electron chi connectivity index (χ1n) is 12.1. The summed E-state index contributed by atoms with van der Waals surface area (Å²) in [4.78, 5) is 26.0. The second kappa shape index (κ2) is 9.46. The van der Waals surface area contributed by atoms with Gasteiger partial charge in [-0.1, -0.05) is 42.5 Å². The number of rotatable bonds is 4. The lowest BCUT2D eigenvalue weighted by molar-refractivity contribution is 0.0742. The van der Waals surface area contributed by atoms with Crippen molar-refractivity contribution >= 4 is 22.8 Å². The molecule has 1 amide bonds. The van der Waals surface area contributed by atoms with Gasteiger partial charge in [-0.3, -0.25) is 4.79 Å². The maximum absolute atomic E-state index is 14.2. The number of benzene rings is 3. The van der Waals surface area contributed by atoms with E-state index in [0.717, 1.165) is 28.0 Å². The van der Waals surface area contributed by atoms with Crippen molar-refractivity contribution in [1.82, 2.24) is 19.4 Å². The van der Waals surface area contributed by atoms with E-state index in [4.69, 9.17) is 0 Å². The van der Waals surface area contributed by atoms with E-state index in [1.165, 1.54) is 30.6 Å². The average molecular weight is 496 g/mol. The monoisotopic (exact) mass is 495 g/mol. The Hall–Kier alpha value is -4.59. The fourth-order valence-corrected chi connectivity index (χ4v) is 4.85. The van der Waals surface area contributed by atoms with Crippen LogP contribution in [0.15, 0.2) is 91.4 Å². The van der Waals surface area contributed by atoms with Crippen LogP contribution >= 0.6 is 0 Å². The van der Waals surface area contributed by atoms with Crippen molar-refractivity contribution in [2.75, 3.05) is 31.1 Å². The van der Waals surface area contributed by atoms with E-state index in [9.17, 15) is 13.6 Å². The van der Waals surface area contributed by atoms with Gasteiger partial charge in [0.1, 0.15) is 23.8 Å². The summed E-state index contributed by atoms with van der Waals surface area (Å²) in [6, 6.07) is 22.3. The summed E-state index contributed by atoms with van der Waals surface area (Å²) in [6.07, 6.45) is 3.53. The molecule has 184 valence electrons. The Morgan fingerprint density at radius 3 is 2.22 bits per heavy atom. The van der Waals surface area contributed by atoms with Crippen molar-refractivity contribution in [3.63, 3.8) is 0 Å². The van der Waals surface area contributed by atoms with Gasteiger partial charge < -0.3 is 14.4 Å². The largest absolute Gasteiger partial charge is 0.352 e. The highest BCUT2D eigenvalue weighted by atomic mass is 19.1. The molecule has 1 aliphatic rings. The third kappa shape index (κ3) is 4.20. The molecule has 6 rings (SSSR count). The molecule has 1 saturated heterocycles. The van der Waals surface area contributed by atoms with E-state index in [1.54, 1.807) is 29.2 Å². The summed E-state index contributed by atoms with van der Waals surface area (Å²) in [6.45, 7) is 1.97. The lowest BCUT2D eigenvalue weighted by atomic mass is 10.1. The average Bonchev–Trinajstić information content (AvgIpc) is 3.34. The molecule has 6 nitrogen and oxygen atoms in total. The molecule has 1 fully saturated rings. The van der Waals surface area contributed by atoms with E-state index in [1.807, 2.05) is 41.1 Å². The molecule has 0 saturated carbocycles. The van der Waals surface area contributed by atoms with E-state index in [0.29, 0.717) is 31.8 Å². The van der Waals surface area contributed by atoms with Crippen molar-refractivity contribution < 1.29 is 13.6 Å². The van der Waals surface area contributed by atoms with Gasteiger partial charge in [0.2, 0.25) is 0 Å². The quantitative estimate of drug-likeness (QED) is 0.338. The third-order valence-corrected chi connectivity index (χ3v) is 6.72. The lowest BCUT2D eigenvalue weighted by Crippen LogP contribution is -2.49. The van der Waals surface area contributed by atoms with Crippen LogP contribution in [0.2, 0.25) is 0 Å². The molecule has 8 heteroatoms. The minimum absolute atomic E-state index is 0.0862. The van der Waals surface area contributed by atoms with Crippen LogP contribution in [0.5, 0.6) is 0 Å². The number of fused-ring (bicyclic) bond motifs is 1. The molecule has 37 heavy (non-hydrogen) atoms. The molecule has 0 unspecified atom stereocenters. The molecule has 3 heterocycles. The zero-order valence-electron chi connectivity index (χ0n) is 19.9. The summed E-state index contributed by atoms with van der Waals surface area (Å²) in [5.74, 6) is -0.357. The molecular weight excluding hydrogens is 472 g/mol. The van der Waals surface area contributed by atoms with E-state index in [-0.39, 0.29) is 17.3 Å². The van der Waals surface area contributed by atoms with Gasteiger partial charge in [0.05, 0.1) is 10.9 Å². The number of hydrogen-bond donors (Lipinski definition) is 0. The predicted octanol–water partition coefficient (Wildman–Crippen LogP) is 5.33. The Balaban J connectivity index is 1.38. The molecule has 0 atom stereocenters. The van der Waals surface area contributed by atoms with Gasteiger partial charge in [-0.2, -0.15) is 0 Å². The molecule has 2 aromatic heterocycles. The first kappa shape index (κ1) is 22.8. The zero-order valence-corrected chi connectivity index (χ0v) is 19.9. The second-order valence-electron chi connectivity index (χ2n) is 8.91. The van der Waals surface area contributed by atoms with Gasteiger partial charge in [-0.25, -0.2) is 18.7 Å². The molecule has 0 radical (unpaired) electrons. The number of anilines is 1. The van der Waals surface area contributed by atoms with Crippen LogP contribution in [-0.2, 0) is 0 Å². The van der Waals surface area contributed by atoms with Crippen LogP contribution in [0.25, 0.3) is 27.8 Å². The fraction of sp³-hybridized carbons (Fsp3) is 0.138. The summed E-state index contributed by atoms with van der Waals surface area (Å²) in [5.41, 5.74) is 3.56. The predicted molar refractivity (Wildman–Crippen MR) is 139 cm³/mol. The molecule has 0 aliphatic carbocycles. The lowest BCUT2D eigenvalue weighted by Gasteiger charge is -2.35. The van der Waals surface area contributed by atoms with E-state index >= 15 is 0 Å². The van der Waals surface area contributed by atoms with Gasteiger partial charge >= 0.3 is 0 Å². The number of carbonyl (C=O) groups excluding carboxylic acids is 1. The Kier molecular flexibility index (Phi) is 5.84. The minimum Gasteiger partial charge on any atom is -0.352 e. The summed E-state index contributed by atoms with van der Waals surface area (Å²) in [5, 5.41) is 0.881. The molecule has 3 aromatic carbocycles. The highest BCUT2D eigenvalue weighted by Gasteiger charge is 2.27. The van der Waals surface area contributed by atoms with Gasteiger partial charge in [-0.15, -0.1) is 0 Å². The third-order valence-electron chi connectivity index (χ3n) is 6.72. The summed E-state index contributed by atoms with van der Waals surface area (Å²) in [7, 11) is 0. The van der Waals surface area contributed by atoms with Crippen LogP contribution < -0.4 is 4.90 Å². The Morgan fingerprint density at radius 2 is 1.49 bits per heavy atom. The maximum atomic E-state index is 14.2. The summed E-state index contributed by atoms with van der Waals surface area (Å²) >= 11 is 0. The summed E-state index contributed by atoms with van der Waals surface area (Å²) < 4.78 is 29.7. The number of halogens is 2. The first-order valence-corrected chi connectivity index (χ1v) is 12.1. The topological polar surface area (TPSA) is 54.3 Å². The van der Waals surface area contributed by atoms with Crippen molar-refractivity contribution in [2.45, 2.75) is 0 Å². The van der Waals surface area contributed by atoms with Crippen molar-refractivity contribution in [3.8, 4) is 16.8 Å². The van der Waals surface area contributed by atoms with E-state index in [2.05, 4.69) is 14.9 Å². The normalized spacial score (nSPS) is 13.8. The number of nitrogens with zero attached hydrogens (tertiary/aromatic N) is 5. The van der Waals surface area contributed by atoms with Gasteiger partial charge in [-0.05, 0) is 42.0 Å². The smallest absolute Gasteiger partial charge is 0.256 e. The Labute approximate surface area is 212 Å². The van der Waals surface area contributed by atoms with E-state index < -0.39 is 5.82 Å². The first-order chi connectivity index (χ1) is 18.1. The highest BCUT2D eigenvalue weighted by Crippen LogP contribution is 2.37. The Morgan fingerprint density at radius 1 is 0.784 bits per heavy atom. The molecular formula is C29H23F2N5O. The van der Waals surface area contributed by atoms with Crippen LogP contribution in [0.3, 0.4) is 0 Å². The van der Waals surface area contributed by atoms with Gasteiger partial charge in [0.25, 0.3) is 5.91 Å². The molecule has 0 spiro atoms. The molecule has 5 aromatic rings. The highest BCUT2D eigenvalue weighted by molar-refractivity contribution is 6.02. The molecule has 1 aliphatic heterocycles. The number of hydrogen-bond acceptors (Lipinski definition) is 4. The Bertz CT molecular complexity index is 1580. The van der Waals surface area contributed by atoms with Gasteiger partial charge in [0.15, 0.2) is 5.65 Å². The number of piperazine rings is 1. The minimum atomic E-state index is -0.512. The maximum Gasteiger partial charge on any atom is 0.256 e. The van der Waals surface area contributed by atoms with Crippen molar-refractivity contribution in [1.29, 1.82) is 0 Å². The number of amides is 1.